The second-order valence-electron chi connectivity index (χ2n) is 7.24. The summed E-state index contributed by atoms with van der Waals surface area (Å²) in [6, 6.07) is 18.8. The molecule has 2 aliphatic heterocycles. The van der Waals surface area contributed by atoms with Crippen LogP contribution in [0, 0.1) is 0 Å². The molecule has 0 saturated heterocycles. The van der Waals surface area contributed by atoms with E-state index in [1.165, 1.54) is 22.3 Å². The second kappa shape index (κ2) is 5.98. The van der Waals surface area contributed by atoms with Crippen molar-refractivity contribution in [3.8, 4) is 0 Å². The SMILES string of the molecule is CB1c2oc3ccccc3c2C=C(C)N1N1C=CN(c2ccccc2)[C@@H]1C. The van der Waals surface area contributed by atoms with E-state index in [4.69, 9.17) is 4.42 Å². The van der Waals surface area contributed by atoms with Crippen LogP contribution in [0.3, 0.4) is 0 Å². The number of hydrogen-bond acceptors (Lipinski definition) is 4. The number of hydrazine groups is 1. The monoisotopic (exact) mass is 355 g/mol. The highest BCUT2D eigenvalue weighted by atomic mass is 16.3. The minimum Gasteiger partial charge on any atom is -0.468 e. The van der Waals surface area contributed by atoms with Crippen molar-refractivity contribution >= 4 is 35.2 Å². The molecule has 3 heterocycles. The first-order valence-corrected chi connectivity index (χ1v) is 9.44. The maximum absolute atomic E-state index is 6.24. The van der Waals surface area contributed by atoms with Gasteiger partial charge in [0.15, 0.2) is 0 Å². The molecule has 5 rings (SSSR count). The molecule has 2 aromatic carbocycles. The molecule has 0 bridgehead atoms. The predicted octanol–water partition coefficient (Wildman–Crippen LogP) is 4.49. The topological polar surface area (TPSA) is 22.9 Å². The van der Waals surface area contributed by atoms with Crippen molar-refractivity contribution < 1.29 is 4.42 Å². The molecule has 0 spiro atoms. The Morgan fingerprint density at radius 1 is 0.963 bits per heavy atom. The van der Waals surface area contributed by atoms with Crippen LogP contribution in [0.15, 0.2) is 77.1 Å². The Morgan fingerprint density at radius 2 is 1.70 bits per heavy atom. The number of para-hydroxylation sites is 2. The van der Waals surface area contributed by atoms with E-state index in [1.807, 2.05) is 12.1 Å². The molecule has 0 N–H and O–H groups in total. The Balaban J connectivity index is 1.51. The lowest BCUT2D eigenvalue weighted by atomic mass is 9.58. The zero-order valence-electron chi connectivity index (χ0n) is 15.8. The third kappa shape index (κ3) is 2.38. The van der Waals surface area contributed by atoms with Gasteiger partial charge in [0, 0.05) is 34.7 Å². The quantitative estimate of drug-likeness (QED) is 0.632. The van der Waals surface area contributed by atoms with Crippen LogP contribution in [-0.2, 0) is 0 Å². The van der Waals surface area contributed by atoms with Gasteiger partial charge >= 0.3 is 6.85 Å². The van der Waals surface area contributed by atoms with Crippen LogP contribution in [0.4, 0.5) is 5.69 Å². The maximum Gasteiger partial charge on any atom is 0.353 e. The van der Waals surface area contributed by atoms with Gasteiger partial charge in [-0.05, 0) is 38.1 Å². The number of rotatable bonds is 2. The van der Waals surface area contributed by atoms with Crippen LogP contribution in [0.5, 0.6) is 0 Å². The van der Waals surface area contributed by atoms with Crippen molar-refractivity contribution in [2.24, 2.45) is 0 Å². The summed E-state index contributed by atoms with van der Waals surface area (Å²) < 4.78 is 6.24. The van der Waals surface area contributed by atoms with Crippen molar-refractivity contribution in [3.05, 3.63) is 78.3 Å². The highest BCUT2D eigenvalue weighted by Crippen LogP contribution is 2.32. The second-order valence-corrected chi connectivity index (χ2v) is 7.24. The lowest BCUT2D eigenvalue weighted by Crippen LogP contribution is -2.57. The van der Waals surface area contributed by atoms with Gasteiger partial charge in [-0.25, -0.2) is 0 Å². The van der Waals surface area contributed by atoms with Crippen molar-refractivity contribution in [3.63, 3.8) is 0 Å². The van der Waals surface area contributed by atoms with Crippen LogP contribution in [0.1, 0.15) is 19.4 Å². The lowest BCUT2D eigenvalue weighted by molar-refractivity contribution is 0.121. The van der Waals surface area contributed by atoms with E-state index in [1.54, 1.807) is 0 Å². The molecule has 4 nitrogen and oxygen atoms in total. The first-order chi connectivity index (χ1) is 13.1. The first-order valence-electron chi connectivity index (χ1n) is 9.44. The highest BCUT2D eigenvalue weighted by Gasteiger charge is 2.38. The molecular weight excluding hydrogens is 333 g/mol. The Kier molecular flexibility index (Phi) is 3.57. The Hall–Kier alpha value is -3.08. The van der Waals surface area contributed by atoms with Gasteiger partial charge in [-0.1, -0.05) is 43.2 Å². The number of fused-ring (bicyclic) bond motifs is 3. The van der Waals surface area contributed by atoms with Gasteiger partial charge < -0.3 is 14.2 Å². The molecule has 134 valence electrons. The molecule has 0 unspecified atom stereocenters. The first kappa shape index (κ1) is 16.1. The fourth-order valence-corrected chi connectivity index (χ4v) is 4.29. The molecule has 2 aliphatic rings. The molecule has 0 radical (unpaired) electrons. The molecule has 5 heteroatoms. The van der Waals surface area contributed by atoms with E-state index in [0.29, 0.717) is 0 Å². The van der Waals surface area contributed by atoms with Gasteiger partial charge in [-0.3, -0.25) is 5.01 Å². The number of anilines is 1. The fraction of sp³-hybridized carbons (Fsp3) is 0.182. The van der Waals surface area contributed by atoms with E-state index in [9.17, 15) is 0 Å². The molecule has 1 atom stereocenters. The molecule has 0 aliphatic carbocycles. The summed E-state index contributed by atoms with van der Waals surface area (Å²) in [4.78, 5) is 4.61. The van der Waals surface area contributed by atoms with Crippen molar-refractivity contribution in [2.45, 2.75) is 26.8 Å². The van der Waals surface area contributed by atoms with Crippen LogP contribution in [-0.4, -0.2) is 22.9 Å². The normalized spacial score (nSPS) is 19.1. The Bertz CT molecular complexity index is 1060. The minimum atomic E-state index is 0.125. The minimum absolute atomic E-state index is 0.125. The molecule has 3 aromatic rings. The summed E-state index contributed by atoms with van der Waals surface area (Å²) in [6.45, 7) is 6.73. The van der Waals surface area contributed by atoms with Gasteiger partial charge in [-0.15, -0.1) is 0 Å². The van der Waals surface area contributed by atoms with Crippen molar-refractivity contribution in [1.29, 1.82) is 0 Å². The zero-order chi connectivity index (χ0) is 18.5. The molecule has 0 amide bonds. The van der Waals surface area contributed by atoms with E-state index >= 15 is 0 Å². The Morgan fingerprint density at radius 3 is 2.52 bits per heavy atom. The van der Waals surface area contributed by atoms with E-state index in [-0.39, 0.29) is 13.0 Å². The third-order valence-electron chi connectivity index (χ3n) is 5.59. The number of benzene rings is 2. The maximum atomic E-state index is 6.24. The van der Waals surface area contributed by atoms with Crippen LogP contribution < -0.4 is 10.6 Å². The van der Waals surface area contributed by atoms with E-state index < -0.39 is 0 Å². The summed E-state index contributed by atoms with van der Waals surface area (Å²) in [7, 11) is 0. The molecule has 1 aromatic heterocycles. The van der Waals surface area contributed by atoms with Crippen LogP contribution in [0.2, 0.25) is 6.82 Å². The van der Waals surface area contributed by atoms with Gasteiger partial charge in [0.25, 0.3) is 0 Å². The molecule has 0 saturated carbocycles. The zero-order valence-corrected chi connectivity index (χ0v) is 15.8. The Labute approximate surface area is 160 Å². The van der Waals surface area contributed by atoms with Crippen molar-refractivity contribution in [2.75, 3.05) is 4.90 Å². The highest BCUT2D eigenvalue weighted by molar-refractivity contribution is 6.70. The molecule has 0 fully saturated rings. The number of hydrogen-bond donors (Lipinski definition) is 0. The third-order valence-corrected chi connectivity index (χ3v) is 5.59. The van der Waals surface area contributed by atoms with Gasteiger partial charge in [0.2, 0.25) is 0 Å². The average Bonchev–Trinajstić information content (AvgIpc) is 3.24. The number of nitrogens with zero attached hydrogens (tertiary/aromatic N) is 3. The van der Waals surface area contributed by atoms with E-state index in [0.717, 1.165) is 11.2 Å². The lowest BCUT2D eigenvalue weighted by Gasteiger charge is -2.43. The molecular formula is C22H22BN3O. The summed E-state index contributed by atoms with van der Waals surface area (Å²) >= 11 is 0. The van der Waals surface area contributed by atoms with Crippen LogP contribution in [0.25, 0.3) is 17.0 Å². The number of furan rings is 1. The predicted molar refractivity (Wildman–Crippen MR) is 112 cm³/mol. The van der Waals surface area contributed by atoms with E-state index in [2.05, 4.69) is 96.4 Å². The fourth-order valence-electron chi connectivity index (χ4n) is 4.29. The summed E-state index contributed by atoms with van der Waals surface area (Å²) in [6.07, 6.45) is 6.73. The number of allylic oxidation sites excluding steroid dienone is 1. The summed E-state index contributed by atoms with van der Waals surface area (Å²) in [5.74, 6) is 0. The standard InChI is InChI=1S/C22H22BN3O/c1-16-15-20-19-11-7-8-12-21(19)27-22(20)23(3)26(16)25-14-13-24(17(25)2)18-9-5-4-6-10-18/h4-15,17H,1-3H3/t17-/m0/s1. The summed E-state index contributed by atoms with van der Waals surface area (Å²) in [5, 5.41) is 3.48. The van der Waals surface area contributed by atoms with Gasteiger partial charge in [-0.2, -0.15) is 0 Å². The van der Waals surface area contributed by atoms with Gasteiger partial charge in [0.1, 0.15) is 17.4 Å². The summed E-state index contributed by atoms with van der Waals surface area (Å²) in [5.41, 5.74) is 5.60. The largest absolute Gasteiger partial charge is 0.468 e. The van der Waals surface area contributed by atoms with Crippen LogP contribution >= 0.6 is 0 Å². The molecule has 27 heavy (non-hydrogen) atoms. The smallest absolute Gasteiger partial charge is 0.353 e. The van der Waals surface area contributed by atoms with Crippen molar-refractivity contribution in [1.82, 2.24) is 9.93 Å². The van der Waals surface area contributed by atoms with Gasteiger partial charge in [0.05, 0.1) is 0 Å². The average molecular weight is 355 g/mol.